The van der Waals surface area contributed by atoms with E-state index in [0.29, 0.717) is 12.1 Å². The second kappa shape index (κ2) is 4.98. The van der Waals surface area contributed by atoms with Gasteiger partial charge in [0.15, 0.2) is 0 Å². The second-order valence-electron chi connectivity index (χ2n) is 3.40. The van der Waals surface area contributed by atoms with Crippen molar-refractivity contribution in [3.05, 3.63) is 29.8 Å². The highest BCUT2D eigenvalue weighted by atomic mass is 19.4. The van der Waals surface area contributed by atoms with Gasteiger partial charge in [-0.3, -0.25) is 0 Å². The molecule has 0 aliphatic heterocycles. The van der Waals surface area contributed by atoms with Crippen LogP contribution in [0.15, 0.2) is 24.3 Å². The quantitative estimate of drug-likeness (QED) is 0.865. The molecule has 0 bridgehead atoms. The molecule has 0 amide bonds. The van der Waals surface area contributed by atoms with E-state index in [4.69, 9.17) is 5.11 Å². The first kappa shape index (κ1) is 15.1. The predicted octanol–water partition coefficient (Wildman–Crippen LogP) is 3.26. The minimum Gasteiger partial charge on any atom is -0.478 e. The molecule has 1 rings (SSSR count). The molecule has 1 atom stereocenters. The second-order valence-corrected chi connectivity index (χ2v) is 3.40. The van der Waals surface area contributed by atoms with E-state index >= 15 is 0 Å². The van der Waals surface area contributed by atoms with E-state index in [9.17, 15) is 31.1 Å². The molecule has 0 unspecified atom stereocenters. The summed E-state index contributed by atoms with van der Waals surface area (Å²) >= 11 is 0. The van der Waals surface area contributed by atoms with Gasteiger partial charge >= 0.3 is 18.3 Å². The van der Waals surface area contributed by atoms with Crippen molar-refractivity contribution in [2.75, 3.05) is 0 Å². The minimum absolute atomic E-state index is 0.289. The van der Waals surface area contributed by atoms with E-state index in [1.165, 1.54) is 0 Å². The summed E-state index contributed by atoms with van der Waals surface area (Å²) in [4.78, 5) is 10.4. The topological polar surface area (TPSA) is 46.5 Å². The van der Waals surface area contributed by atoms with Crippen molar-refractivity contribution >= 4 is 5.97 Å². The maximum atomic E-state index is 12.8. The Morgan fingerprint density at radius 1 is 1.11 bits per heavy atom. The molecule has 1 N–H and O–H groups in total. The molecule has 106 valence electrons. The van der Waals surface area contributed by atoms with Crippen LogP contribution in [-0.4, -0.2) is 29.5 Å². The molecule has 19 heavy (non-hydrogen) atoms. The number of carboxylic acids is 1. The highest BCUT2D eigenvalue weighted by Gasteiger charge is 2.59. The van der Waals surface area contributed by atoms with Crippen LogP contribution < -0.4 is 4.74 Å². The Labute approximate surface area is 102 Å². The lowest BCUT2D eigenvalue weighted by atomic mass is 10.2. The average Bonchev–Trinajstić information content (AvgIpc) is 2.27. The molecule has 0 aromatic heterocycles. The van der Waals surface area contributed by atoms with Gasteiger partial charge in [0.2, 0.25) is 0 Å². The number of benzene rings is 1. The monoisotopic (exact) mass is 288 g/mol. The lowest BCUT2D eigenvalue weighted by Crippen LogP contribution is -2.45. The van der Waals surface area contributed by atoms with Gasteiger partial charge in [-0.2, -0.15) is 22.0 Å². The zero-order valence-corrected chi connectivity index (χ0v) is 8.92. The highest BCUT2D eigenvalue weighted by molar-refractivity contribution is 5.87. The van der Waals surface area contributed by atoms with Crippen LogP contribution in [0.3, 0.4) is 0 Å². The third-order valence-corrected chi connectivity index (χ3v) is 1.94. The smallest absolute Gasteiger partial charge is 0.439 e. The molecule has 9 heteroatoms. The molecular formula is C10H6F6O3. The number of ether oxygens (including phenoxy) is 1. The van der Waals surface area contributed by atoms with Crippen molar-refractivity contribution in [3.63, 3.8) is 0 Å². The SMILES string of the molecule is O=C(O)c1ccc(OC(F)(F)[C@H](F)C(F)(F)F)cc1. The van der Waals surface area contributed by atoms with E-state index in [1.807, 2.05) is 0 Å². The number of carbonyl (C=O) groups is 1. The summed E-state index contributed by atoms with van der Waals surface area (Å²) < 4.78 is 77.2. The Balaban J connectivity index is 2.86. The van der Waals surface area contributed by atoms with Gasteiger partial charge in [0.1, 0.15) is 5.75 Å². The van der Waals surface area contributed by atoms with Gasteiger partial charge in [-0.25, -0.2) is 9.18 Å². The van der Waals surface area contributed by atoms with Crippen LogP contribution >= 0.6 is 0 Å². The summed E-state index contributed by atoms with van der Waals surface area (Å²) in [7, 11) is 0. The largest absolute Gasteiger partial charge is 0.478 e. The molecule has 0 radical (unpaired) electrons. The first-order valence-corrected chi connectivity index (χ1v) is 4.65. The van der Waals surface area contributed by atoms with Crippen molar-refractivity contribution < 1.29 is 41.0 Å². The summed E-state index contributed by atoms with van der Waals surface area (Å²) in [5.41, 5.74) is -0.289. The molecule has 0 aliphatic rings. The standard InChI is InChI=1S/C10H6F6O3/c11-8(9(12,13)14)10(15,16)19-6-3-1-5(2-4-6)7(17)18/h1-4,8H,(H,17,18)/t8-/m1/s1. The van der Waals surface area contributed by atoms with Crippen molar-refractivity contribution in [3.8, 4) is 5.75 Å². The van der Waals surface area contributed by atoms with Crippen LogP contribution in [0.1, 0.15) is 10.4 Å². The summed E-state index contributed by atoms with van der Waals surface area (Å²) in [6.45, 7) is 0. The third-order valence-electron chi connectivity index (χ3n) is 1.94. The number of rotatable bonds is 4. The Kier molecular flexibility index (Phi) is 3.97. The van der Waals surface area contributed by atoms with Crippen LogP contribution in [0.4, 0.5) is 26.3 Å². The van der Waals surface area contributed by atoms with E-state index < -0.39 is 30.2 Å². The molecule has 0 saturated carbocycles. The molecule has 0 saturated heterocycles. The van der Waals surface area contributed by atoms with E-state index in [1.54, 1.807) is 0 Å². The van der Waals surface area contributed by atoms with Crippen LogP contribution in [-0.2, 0) is 0 Å². The Morgan fingerprint density at radius 3 is 1.95 bits per heavy atom. The molecular weight excluding hydrogens is 282 g/mol. The molecule has 0 fully saturated rings. The molecule has 0 aliphatic carbocycles. The fourth-order valence-corrected chi connectivity index (χ4v) is 1.06. The first-order chi connectivity index (χ1) is 8.54. The number of alkyl halides is 6. The van der Waals surface area contributed by atoms with Gasteiger partial charge in [-0.05, 0) is 24.3 Å². The van der Waals surface area contributed by atoms with E-state index in [0.717, 1.165) is 12.1 Å². The molecule has 1 aromatic rings. The van der Waals surface area contributed by atoms with Crippen molar-refractivity contribution in [1.82, 2.24) is 0 Å². The summed E-state index contributed by atoms with van der Waals surface area (Å²) in [5, 5.41) is 8.51. The summed E-state index contributed by atoms with van der Waals surface area (Å²) in [5.74, 6) is -2.15. The van der Waals surface area contributed by atoms with Crippen LogP contribution in [0.5, 0.6) is 5.75 Å². The number of carboxylic acid groups (broad SMARTS) is 1. The van der Waals surface area contributed by atoms with E-state index in [2.05, 4.69) is 4.74 Å². The lowest BCUT2D eigenvalue weighted by molar-refractivity contribution is -0.304. The Bertz CT molecular complexity index is 453. The lowest BCUT2D eigenvalue weighted by Gasteiger charge is -2.23. The van der Waals surface area contributed by atoms with Gasteiger partial charge in [-0.15, -0.1) is 0 Å². The zero-order chi connectivity index (χ0) is 14.8. The molecule has 1 aromatic carbocycles. The number of aromatic carboxylic acids is 1. The average molecular weight is 288 g/mol. The molecule has 3 nitrogen and oxygen atoms in total. The van der Waals surface area contributed by atoms with Crippen molar-refractivity contribution in [2.24, 2.45) is 0 Å². The van der Waals surface area contributed by atoms with Crippen LogP contribution in [0.2, 0.25) is 0 Å². The number of hydrogen-bond donors (Lipinski definition) is 1. The highest BCUT2D eigenvalue weighted by Crippen LogP contribution is 2.36. The minimum atomic E-state index is -5.77. The van der Waals surface area contributed by atoms with Crippen LogP contribution in [0.25, 0.3) is 0 Å². The number of halogens is 6. The maximum Gasteiger partial charge on any atom is 0.439 e. The van der Waals surface area contributed by atoms with Gasteiger partial charge < -0.3 is 9.84 Å². The van der Waals surface area contributed by atoms with Gasteiger partial charge in [-0.1, -0.05) is 0 Å². The van der Waals surface area contributed by atoms with Crippen molar-refractivity contribution in [1.29, 1.82) is 0 Å². The normalized spacial score (nSPS) is 14.0. The molecule has 0 heterocycles. The van der Waals surface area contributed by atoms with E-state index in [-0.39, 0.29) is 5.56 Å². The fraction of sp³-hybridized carbons (Fsp3) is 0.300. The predicted molar refractivity (Wildman–Crippen MR) is 49.9 cm³/mol. The Morgan fingerprint density at radius 2 is 1.58 bits per heavy atom. The van der Waals surface area contributed by atoms with Crippen molar-refractivity contribution in [2.45, 2.75) is 18.5 Å². The van der Waals surface area contributed by atoms with Gasteiger partial charge in [0, 0.05) is 0 Å². The first-order valence-electron chi connectivity index (χ1n) is 4.65. The van der Waals surface area contributed by atoms with Gasteiger partial charge in [0.25, 0.3) is 6.17 Å². The molecule has 0 spiro atoms. The van der Waals surface area contributed by atoms with Crippen LogP contribution in [0, 0.1) is 0 Å². The maximum absolute atomic E-state index is 12.8. The Hall–Kier alpha value is -1.93. The number of hydrogen-bond acceptors (Lipinski definition) is 2. The fourth-order valence-electron chi connectivity index (χ4n) is 1.06. The van der Waals surface area contributed by atoms with Gasteiger partial charge in [0.05, 0.1) is 5.56 Å². The third kappa shape index (κ3) is 3.76. The summed E-state index contributed by atoms with van der Waals surface area (Å²) in [6, 6.07) is 3.05. The zero-order valence-electron chi connectivity index (χ0n) is 8.92. The summed E-state index contributed by atoms with van der Waals surface area (Å²) in [6.07, 6.45) is -15.4.